The highest BCUT2D eigenvalue weighted by Crippen LogP contribution is 2.39. The van der Waals surface area contributed by atoms with E-state index in [0.29, 0.717) is 17.0 Å². The molecule has 0 fully saturated rings. The summed E-state index contributed by atoms with van der Waals surface area (Å²) in [5.74, 6) is 1.10. The maximum atomic E-state index is 6.22. The van der Waals surface area contributed by atoms with Crippen LogP contribution in [0.4, 0.5) is 0 Å². The van der Waals surface area contributed by atoms with Gasteiger partial charge in [0.25, 0.3) is 0 Å². The first kappa shape index (κ1) is 16.2. The second kappa shape index (κ2) is 6.90. The van der Waals surface area contributed by atoms with Crippen LogP contribution in [0.3, 0.4) is 0 Å². The van der Waals surface area contributed by atoms with Gasteiger partial charge in [-0.15, -0.1) is 11.8 Å². The van der Waals surface area contributed by atoms with E-state index in [0.717, 1.165) is 12.1 Å². The number of aliphatic imine (C=N–C) groups is 2. The fraction of sp³-hybridized carbons (Fsp3) is 0.167. The van der Waals surface area contributed by atoms with Crippen LogP contribution in [0, 0.1) is 0 Å². The van der Waals surface area contributed by atoms with Gasteiger partial charge >= 0.3 is 0 Å². The Morgan fingerprint density at radius 3 is 2.68 bits per heavy atom. The zero-order valence-electron chi connectivity index (χ0n) is 13.3. The zero-order chi connectivity index (χ0) is 17.2. The molecule has 3 heterocycles. The molecule has 0 amide bonds. The van der Waals surface area contributed by atoms with Gasteiger partial charge in [-0.3, -0.25) is 9.88 Å². The van der Waals surface area contributed by atoms with E-state index in [4.69, 9.17) is 22.3 Å². The molecule has 2 aliphatic rings. The highest BCUT2D eigenvalue weighted by molar-refractivity contribution is 7.99. The van der Waals surface area contributed by atoms with E-state index in [2.05, 4.69) is 22.1 Å². The van der Waals surface area contributed by atoms with E-state index < -0.39 is 0 Å². The molecule has 0 saturated heterocycles. The minimum Gasteiger partial charge on any atom is -0.385 e. The number of benzene rings is 1. The lowest BCUT2D eigenvalue weighted by Gasteiger charge is -2.38. The molecule has 0 bridgehead atoms. The first-order valence-electron chi connectivity index (χ1n) is 7.92. The average Bonchev–Trinajstić information content (AvgIpc) is 2.62. The summed E-state index contributed by atoms with van der Waals surface area (Å²) in [6, 6.07) is 16.0. The standard InChI is InChI=1S/C18H16ClN5S/c19-15-11-16(20)24-17(25-12-6-2-1-3-7-12)10-14(22-18(24)23-15)13-8-4-5-9-21-13/h1-9,11,14,17H,10,20H2. The second-order valence-corrected chi connectivity index (χ2v) is 7.33. The molecule has 2 aliphatic heterocycles. The first-order chi connectivity index (χ1) is 12.2. The molecule has 5 nitrogen and oxygen atoms in total. The molecule has 0 saturated carbocycles. The van der Waals surface area contributed by atoms with E-state index in [1.165, 1.54) is 4.90 Å². The lowest BCUT2D eigenvalue weighted by molar-refractivity contribution is 0.386. The summed E-state index contributed by atoms with van der Waals surface area (Å²) in [6.45, 7) is 0. The number of nitrogens with zero attached hydrogens (tertiary/aromatic N) is 4. The smallest absolute Gasteiger partial charge is 0.229 e. The minimum absolute atomic E-state index is 0.0617. The molecule has 126 valence electrons. The van der Waals surface area contributed by atoms with Gasteiger partial charge in [-0.05, 0) is 24.3 Å². The molecule has 2 aromatic rings. The Morgan fingerprint density at radius 1 is 1.12 bits per heavy atom. The van der Waals surface area contributed by atoms with Gasteiger partial charge in [0.05, 0.1) is 17.1 Å². The third kappa shape index (κ3) is 3.41. The van der Waals surface area contributed by atoms with Crippen molar-refractivity contribution in [3.05, 3.63) is 72.3 Å². The zero-order valence-corrected chi connectivity index (χ0v) is 14.9. The van der Waals surface area contributed by atoms with Crippen molar-refractivity contribution in [2.24, 2.45) is 15.7 Å². The van der Waals surface area contributed by atoms with Crippen molar-refractivity contribution in [2.75, 3.05) is 0 Å². The molecule has 1 aromatic heterocycles. The molecule has 0 radical (unpaired) electrons. The Labute approximate surface area is 155 Å². The summed E-state index contributed by atoms with van der Waals surface area (Å²) in [7, 11) is 0. The number of halogens is 1. The largest absolute Gasteiger partial charge is 0.385 e. The summed E-state index contributed by atoms with van der Waals surface area (Å²) in [6.07, 6.45) is 4.23. The van der Waals surface area contributed by atoms with Crippen molar-refractivity contribution in [3.8, 4) is 0 Å². The predicted octanol–water partition coefficient (Wildman–Crippen LogP) is 3.75. The quantitative estimate of drug-likeness (QED) is 0.894. The van der Waals surface area contributed by atoms with Crippen LogP contribution < -0.4 is 5.73 Å². The van der Waals surface area contributed by atoms with Crippen LogP contribution in [-0.4, -0.2) is 26.4 Å². The number of allylic oxidation sites excluding steroid dienone is 1. The summed E-state index contributed by atoms with van der Waals surface area (Å²) in [5, 5.41) is 0.407. The first-order valence-corrected chi connectivity index (χ1v) is 9.17. The molecule has 4 rings (SSSR count). The van der Waals surface area contributed by atoms with Gasteiger partial charge in [-0.1, -0.05) is 35.9 Å². The normalized spacial score (nSPS) is 22.6. The molecule has 7 heteroatoms. The number of thioether (sulfide) groups is 1. The number of nitrogens with two attached hydrogens (primary N) is 1. The van der Waals surface area contributed by atoms with Crippen molar-refractivity contribution in [1.82, 2.24) is 9.88 Å². The van der Waals surface area contributed by atoms with E-state index in [-0.39, 0.29) is 11.4 Å². The molecule has 2 unspecified atom stereocenters. The van der Waals surface area contributed by atoms with E-state index in [9.17, 15) is 0 Å². The third-order valence-electron chi connectivity index (χ3n) is 4.00. The minimum atomic E-state index is -0.0761. The third-order valence-corrected chi connectivity index (χ3v) is 5.41. The van der Waals surface area contributed by atoms with Gasteiger partial charge in [0, 0.05) is 23.6 Å². The van der Waals surface area contributed by atoms with E-state index >= 15 is 0 Å². The number of aromatic nitrogens is 1. The molecule has 0 aliphatic carbocycles. The Morgan fingerprint density at radius 2 is 1.92 bits per heavy atom. The molecular formula is C18H16ClN5S. The number of hydrogen-bond acceptors (Lipinski definition) is 6. The topological polar surface area (TPSA) is 66.9 Å². The summed E-state index contributed by atoms with van der Waals surface area (Å²) in [5.41, 5.74) is 7.14. The molecule has 25 heavy (non-hydrogen) atoms. The molecule has 2 N–H and O–H groups in total. The van der Waals surface area contributed by atoms with Crippen LogP contribution >= 0.6 is 23.4 Å². The lowest BCUT2D eigenvalue weighted by atomic mass is 10.1. The monoisotopic (exact) mass is 369 g/mol. The number of pyridine rings is 1. The van der Waals surface area contributed by atoms with Gasteiger partial charge in [0.1, 0.15) is 11.0 Å². The van der Waals surface area contributed by atoms with Crippen molar-refractivity contribution in [3.63, 3.8) is 0 Å². The summed E-state index contributed by atoms with van der Waals surface area (Å²) < 4.78 is 0. The van der Waals surface area contributed by atoms with Crippen LogP contribution in [0.5, 0.6) is 0 Å². The number of fused-ring (bicyclic) bond motifs is 1. The van der Waals surface area contributed by atoms with Crippen LogP contribution in [-0.2, 0) is 0 Å². The van der Waals surface area contributed by atoms with Gasteiger partial charge in [0.2, 0.25) is 5.96 Å². The number of guanidine groups is 1. The fourth-order valence-electron chi connectivity index (χ4n) is 2.88. The Kier molecular flexibility index (Phi) is 4.46. The highest BCUT2D eigenvalue weighted by Gasteiger charge is 2.35. The van der Waals surface area contributed by atoms with Crippen LogP contribution in [0.2, 0.25) is 0 Å². The maximum Gasteiger partial charge on any atom is 0.229 e. The maximum absolute atomic E-state index is 6.22. The SMILES string of the molecule is NC1=CC(Cl)=NC2=NC(c3ccccn3)CC(Sc3ccccc3)N12. The Balaban J connectivity index is 1.71. The van der Waals surface area contributed by atoms with Gasteiger partial charge in [-0.2, -0.15) is 0 Å². The molecule has 0 spiro atoms. The van der Waals surface area contributed by atoms with Crippen molar-refractivity contribution >= 4 is 34.5 Å². The van der Waals surface area contributed by atoms with Crippen molar-refractivity contribution in [2.45, 2.75) is 22.7 Å². The van der Waals surface area contributed by atoms with E-state index in [1.807, 2.05) is 41.3 Å². The van der Waals surface area contributed by atoms with Gasteiger partial charge in [0.15, 0.2) is 0 Å². The number of rotatable bonds is 3. The fourth-order valence-corrected chi connectivity index (χ4v) is 4.30. The molecular weight excluding hydrogens is 354 g/mol. The predicted molar refractivity (Wildman–Crippen MR) is 103 cm³/mol. The van der Waals surface area contributed by atoms with Crippen LogP contribution in [0.15, 0.2) is 81.5 Å². The average molecular weight is 370 g/mol. The molecule has 2 atom stereocenters. The van der Waals surface area contributed by atoms with Crippen molar-refractivity contribution in [1.29, 1.82) is 0 Å². The van der Waals surface area contributed by atoms with Crippen LogP contribution in [0.25, 0.3) is 0 Å². The Bertz CT molecular complexity index is 850. The Hall–Kier alpha value is -2.31. The van der Waals surface area contributed by atoms with Gasteiger partial charge in [-0.25, -0.2) is 9.98 Å². The van der Waals surface area contributed by atoms with Crippen LogP contribution in [0.1, 0.15) is 18.2 Å². The molecule has 1 aromatic carbocycles. The van der Waals surface area contributed by atoms with Gasteiger partial charge < -0.3 is 5.73 Å². The van der Waals surface area contributed by atoms with E-state index in [1.54, 1.807) is 24.0 Å². The lowest BCUT2D eigenvalue weighted by Crippen LogP contribution is -2.45. The van der Waals surface area contributed by atoms with Crippen molar-refractivity contribution < 1.29 is 0 Å². The summed E-state index contributed by atoms with van der Waals surface area (Å²) >= 11 is 7.83. The second-order valence-electron chi connectivity index (χ2n) is 5.69. The highest BCUT2D eigenvalue weighted by atomic mass is 35.5. The summed E-state index contributed by atoms with van der Waals surface area (Å²) in [4.78, 5) is 16.7. The number of hydrogen-bond donors (Lipinski definition) is 1.